The van der Waals surface area contributed by atoms with Crippen LogP contribution < -0.4 is 16.8 Å². The third-order valence-corrected chi connectivity index (χ3v) is 1.71. The highest BCUT2D eigenvalue weighted by Gasteiger charge is 2.30. The lowest BCUT2D eigenvalue weighted by molar-refractivity contribution is 0.0319. The first kappa shape index (κ1) is 14.8. The topological polar surface area (TPSA) is 84.6 Å². The Labute approximate surface area is 92.5 Å². The standard InChI is InChI=1S/C10H24N3O2/c1-5-14-7-9(3,11)13-10(4,12)8-15-6-2/h5-8,11-12H2,1-4H3. The molecule has 4 N–H and O–H groups in total. The minimum absolute atomic E-state index is 0.364. The quantitative estimate of drug-likeness (QED) is 0.601. The van der Waals surface area contributed by atoms with E-state index in [1.807, 2.05) is 13.8 Å². The van der Waals surface area contributed by atoms with E-state index < -0.39 is 11.3 Å². The summed E-state index contributed by atoms with van der Waals surface area (Å²) in [6, 6.07) is 0. The zero-order valence-corrected chi connectivity index (χ0v) is 10.2. The number of nitrogens with zero attached hydrogens (tertiary/aromatic N) is 1. The van der Waals surface area contributed by atoms with Crippen molar-refractivity contribution in [3.05, 3.63) is 0 Å². The lowest BCUT2D eigenvalue weighted by atomic mass is 10.1. The highest BCUT2D eigenvalue weighted by molar-refractivity contribution is 4.85. The van der Waals surface area contributed by atoms with E-state index in [2.05, 4.69) is 5.32 Å². The average molecular weight is 218 g/mol. The van der Waals surface area contributed by atoms with Crippen molar-refractivity contribution < 1.29 is 9.47 Å². The molecule has 15 heavy (non-hydrogen) atoms. The fraction of sp³-hybridized carbons (Fsp3) is 1.00. The highest BCUT2D eigenvalue weighted by Crippen LogP contribution is 2.06. The maximum Gasteiger partial charge on any atom is 0.105 e. The fourth-order valence-corrected chi connectivity index (χ4v) is 1.27. The molecule has 2 atom stereocenters. The van der Waals surface area contributed by atoms with Crippen molar-refractivity contribution in [1.82, 2.24) is 5.32 Å². The van der Waals surface area contributed by atoms with Gasteiger partial charge < -0.3 is 20.9 Å². The van der Waals surface area contributed by atoms with Crippen molar-refractivity contribution in [2.75, 3.05) is 26.4 Å². The maximum atomic E-state index is 5.93. The average Bonchev–Trinajstić information content (AvgIpc) is 2.10. The summed E-state index contributed by atoms with van der Waals surface area (Å²) in [5.41, 5.74) is 10.3. The molecule has 91 valence electrons. The van der Waals surface area contributed by atoms with Gasteiger partial charge in [0.05, 0.1) is 13.2 Å². The van der Waals surface area contributed by atoms with Gasteiger partial charge in [-0.15, -0.1) is 0 Å². The van der Waals surface area contributed by atoms with Gasteiger partial charge >= 0.3 is 0 Å². The van der Waals surface area contributed by atoms with Crippen molar-refractivity contribution in [2.24, 2.45) is 11.5 Å². The zero-order chi connectivity index (χ0) is 11.9. The summed E-state index contributed by atoms with van der Waals surface area (Å²) in [5, 5.41) is 4.32. The van der Waals surface area contributed by atoms with Crippen molar-refractivity contribution in [3.63, 3.8) is 0 Å². The molecule has 2 unspecified atom stereocenters. The van der Waals surface area contributed by atoms with Gasteiger partial charge in [0, 0.05) is 13.2 Å². The van der Waals surface area contributed by atoms with E-state index in [-0.39, 0.29) is 0 Å². The van der Waals surface area contributed by atoms with E-state index in [0.717, 1.165) is 0 Å². The van der Waals surface area contributed by atoms with Crippen LogP contribution >= 0.6 is 0 Å². The van der Waals surface area contributed by atoms with E-state index in [4.69, 9.17) is 20.9 Å². The minimum Gasteiger partial charge on any atom is -0.378 e. The molecule has 0 aliphatic heterocycles. The van der Waals surface area contributed by atoms with E-state index in [0.29, 0.717) is 26.4 Å². The summed E-state index contributed by atoms with van der Waals surface area (Å²) in [6.07, 6.45) is 0. The molecule has 1 radical (unpaired) electrons. The molecule has 0 heterocycles. The van der Waals surface area contributed by atoms with Gasteiger partial charge in [-0.3, -0.25) is 0 Å². The minimum atomic E-state index is -0.767. The third-order valence-electron chi connectivity index (χ3n) is 1.71. The van der Waals surface area contributed by atoms with Gasteiger partial charge in [0.25, 0.3) is 0 Å². The van der Waals surface area contributed by atoms with Crippen molar-refractivity contribution >= 4 is 0 Å². The molecule has 0 saturated heterocycles. The van der Waals surface area contributed by atoms with Crippen molar-refractivity contribution in [3.8, 4) is 0 Å². The summed E-state index contributed by atoms with van der Waals surface area (Å²) in [6.45, 7) is 9.38. The summed E-state index contributed by atoms with van der Waals surface area (Å²) in [7, 11) is 0. The molecule has 0 aliphatic rings. The van der Waals surface area contributed by atoms with Crippen LogP contribution in [-0.4, -0.2) is 37.8 Å². The van der Waals surface area contributed by atoms with Crippen LogP contribution in [0.1, 0.15) is 27.7 Å². The smallest absolute Gasteiger partial charge is 0.105 e. The Balaban J connectivity index is 4.04. The molecule has 0 bridgehead atoms. The lowest BCUT2D eigenvalue weighted by Gasteiger charge is -2.33. The van der Waals surface area contributed by atoms with Crippen molar-refractivity contribution in [2.45, 2.75) is 39.0 Å². The summed E-state index contributed by atoms with van der Waals surface area (Å²) < 4.78 is 10.5. The van der Waals surface area contributed by atoms with Crippen LogP contribution in [0.3, 0.4) is 0 Å². The van der Waals surface area contributed by atoms with Gasteiger partial charge in [0.1, 0.15) is 11.3 Å². The first-order valence-electron chi connectivity index (χ1n) is 5.30. The molecule has 5 nitrogen and oxygen atoms in total. The normalized spacial score (nSPS) is 19.6. The molecule has 0 fully saturated rings. The molecule has 0 aromatic rings. The van der Waals surface area contributed by atoms with Gasteiger partial charge in [-0.2, -0.15) is 5.32 Å². The third kappa shape index (κ3) is 7.70. The Hall–Kier alpha value is -0.200. The van der Waals surface area contributed by atoms with Crippen molar-refractivity contribution in [1.29, 1.82) is 0 Å². The summed E-state index contributed by atoms with van der Waals surface area (Å²) in [5.74, 6) is 0. The summed E-state index contributed by atoms with van der Waals surface area (Å²) in [4.78, 5) is 0. The molecule has 0 aliphatic carbocycles. The molecule has 0 aromatic carbocycles. The number of rotatable bonds is 8. The Morgan fingerprint density at radius 3 is 1.53 bits per heavy atom. The van der Waals surface area contributed by atoms with Crippen LogP contribution in [0.15, 0.2) is 0 Å². The van der Waals surface area contributed by atoms with Gasteiger partial charge in [0.15, 0.2) is 0 Å². The van der Waals surface area contributed by atoms with Crippen LogP contribution in [0.5, 0.6) is 0 Å². The molecule has 0 rings (SSSR count). The molecular formula is C10H24N3O2. The number of hydrogen-bond acceptors (Lipinski definition) is 4. The van der Waals surface area contributed by atoms with E-state index in [9.17, 15) is 0 Å². The van der Waals surface area contributed by atoms with Gasteiger partial charge in [-0.05, 0) is 27.7 Å². The lowest BCUT2D eigenvalue weighted by Crippen LogP contribution is -2.63. The van der Waals surface area contributed by atoms with E-state index in [1.54, 1.807) is 13.8 Å². The molecule has 0 aromatic heterocycles. The van der Waals surface area contributed by atoms with Gasteiger partial charge in [-0.1, -0.05) is 0 Å². The van der Waals surface area contributed by atoms with Gasteiger partial charge in [-0.25, -0.2) is 0 Å². The SMILES string of the molecule is CCOCC(C)(N)[N]C(C)(N)COCC. The van der Waals surface area contributed by atoms with Crippen LogP contribution in [0.4, 0.5) is 0 Å². The second-order valence-corrected chi connectivity index (χ2v) is 4.10. The van der Waals surface area contributed by atoms with E-state index in [1.165, 1.54) is 0 Å². The predicted molar refractivity (Wildman–Crippen MR) is 60.3 cm³/mol. The first-order valence-corrected chi connectivity index (χ1v) is 5.30. The molecular weight excluding hydrogens is 194 g/mol. The Morgan fingerprint density at radius 2 is 1.27 bits per heavy atom. The number of ether oxygens (including phenoxy) is 2. The van der Waals surface area contributed by atoms with Crippen LogP contribution in [0.25, 0.3) is 0 Å². The van der Waals surface area contributed by atoms with E-state index >= 15 is 0 Å². The Bertz CT molecular complexity index is 154. The monoisotopic (exact) mass is 218 g/mol. The molecule has 0 spiro atoms. The Morgan fingerprint density at radius 1 is 0.933 bits per heavy atom. The summed E-state index contributed by atoms with van der Waals surface area (Å²) >= 11 is 0. The highest BCUT2D eigenvalue weighted by atomic mass is 16.5. The largest absolute Gasteiger partial charge is 0.378 e. The van der Waals surface area contributed by atoms with Crippen LogP contribution in [-0.2, 0) is 9.47 Å². The maximum absolute atomic E-state index is 5.93. The molecule has 0 amide bonds. The Kier molecular flexibility index (Phi) is 6.31. The van der Waals surface area contributed by atoms with Crippen LogP contribution in [0, 0.1) is 0 Å². The first-order chi connectivity index (χ1) is 6.83. The molecule has 0 saturated carbocycles. The van der Waals surface area contributed by atoms with Gasteiger partial charge in [0.2, 0.25) is 0 Å². The second-order valence-electron chi connectivity index (χ2n) is 4.10. The predicted octanol–water partition coefficient (Wildman–Crippen LogP) is 0.0136. The second kappa shape index (κ2) is 6.40. The molecule has 5 heteroatoms. The van der Waals surface area contributed by atoms with Crippen LogP contribution in [0.2, 0.25) is 0 Å². The fourth-order valence-electron chi connectivity index (χ4n) is 1.27. The number of nitrogens with two attached hydrogens (primary N) is 2. The zero-order valence-electron chi connectivity index (χ0n) is 10.2. The number of hydrogen-bond donors (Lipinski definition) is 2.